The molecule has 0 radical (unpaired) electrons. The molecule has 1 aromatic rings. The number of aryl methyl sites for hydroxylation is 1. The predicted octanol–water partition coefficient (Wildman–Crippen LogP) is 2.76. The van der Waals surface area contributed by atoms with Crippen LogP contribution < -0.4 is 0 Å². The van der Waals surface area contributed by atoms with E-state index in [9.17, 15) is 9.18 Å². The van der Waals surface area contributed by atoms with Crippen molar-refractivity contribution in [3.63, 3.8) is 0 Å². The van der Waals surface area contributed by atoms with Crippen molar-refractivity contribution in [2.75, 3.05) is 19.7 Å². The van der Waals surface area contributed by atoms with Crippen LogP contribution in [0.15, 0.2) is 16.6 Å². The largest absolute Gasteiger partial charge is 0.375 e. The molecule has 0 aliphatic carbocycles. The molecule has 5 heteroatoms. The molecule has 1 aromatic carbocycles. The van der Waals surface area contributed by atoms with Crippen molar-refractivity contribution in [1.82, 2.24) is 4.90 Å². The molecule has 1 unspecified atom stereocenters. The van der Waals surface area contributed by atoms with Crippen molar-refractivity contribution in [1.29, 1.82) is 0 Å². The molecule has 3 nitrogen and oxygen atoms in total. The van der Waals surface area contributed by atoms with E-state index in [1.54, 1.807) is 11.0 Å². The van der Waals surface area contributed by atoms with Crippen molar-refractivity contribution in [3.8, 4) is 0 Å². The van der Waals surface area contributed by atoms with E-state index in [-0.39, 0.29) is 17.6 Å². The topological polar surface area (TPSA) is 29.5 Å². The van der Waals surface area contributed by atoms with E-state index in [0.717, 1.165) is 5.56 Å². The van der Waals surface area contributed by atoms with Gasteiger partial charge in [-0.2, -0.15) is 0 Å². The van der Waals surface area contributed by atoms with Crippen LogP contribution in [0.3, 0.4) is 0 Å². The Bertz CT molecular complexity index is 478. The Balaban J connectivity index is 2.31. The maximum Gasteiger partial charge on any atom is 0.258 e. The Morgan fingerprint density at radius 2 is 2.28 bits per heavy atom. The van der Waals surface area contributed by atoms with Crippen molar-refractivity contribution < 1.29 is 13.9 Å². The van der Waals surface area contributed by atoms with Gasteiger partial charge < -0.3 is 9.64 Å². The number of amides is 1. The highest BCUT2D eigenvalue weighted by molar-refractivity contribution is 9.10. The smallest absolute Gasteiger partial charge is 0.258 e. The molecule has 0 spiro atoms. The third kappa shape index (κ3) is 2.57. The monoisotopic (exact) mass is 315 g/mol. The van der Waals surface area contributed by atoms with Gasteiger partial charge in [0.05, 0.1) is 18.3 Å². The van der Waals surface area contributed by atoms with E-state index in [2.05, 4.69) is 15.9 Å². The number of hydrogen-bond donors (Lipinski definition) is 0. The summed E-state index contributed by atoms with van der Waals surface area (Å²) in [6.45, 7) is 5.24. The van der Waals surface area contributed by atoms with Gasteiger partial charge in [-0.3, -0.25) is 4.79 Å². The minimum atomic E-state index is -0.489. The van der Waals surface area contributed by atoms with Gasteiger partial charge in [-0.25, -0.2) is 4.39 Å². The average molecular weight is 316 g/mol. The van der Waals surface area contributed by atoms with E-state index < -0.39 is 5.82 Å². The summed E-state index contributed by atoms with van der Waals surface area (Å²) >= 11 is 3.29. The lowest BCUT2D eigenvalue weighted by atomic mass is 10.1. The Morgan fingerprint density at radius 3 is 2.94 bits per heavy atom. The normalized spacial score (nSPS) is 20.0. The Hall–Kier alpha value is -0.940. The van der Waals surface area contributed by atoms with Crippen LogP contribution in [0.5, 0.6) is 0 Å². The van der Waals surface area contributed by atoms with Crippen LogP contribution in [-0.2, 0) is 4.74 Å². The van der Waals surface area contributed by atoms with E-state index in [1.165, 1.54) is 6.07 Å². The zero-order valence-electron chi connectivity index (χ0n) is 10.4. The number of carbonyl (C=O) groups is 1. The number of benzene rings is 1. The van der Waals surface area contributed by atoms with Crippen LogP contribution >= 0.6 is 15.9 Å². The first-order valence-corrected chi connectivity index (χ1v) is 6.65. The van der Waals surface area contributed by atoms with E-state index in [1.807, 2.05) is 13.8 Å². The molecular weight excluding hydrogens is 301 g/mol. The minimum absolute atomic E-state index is 0.00524. The first-order chi connectivity index (χ1) is 8.50. The Morgan fingerprint density at radius 1 is 1.56 bits per heavy atom. The summed E-state index contributed by atoms with van der Waals surface area (Å²) in [4.78, 5) is 14.0. The average Bonchev–Trinajstić information content (AvgIpc) is 2.34. The fraction of sp³-hybridized carbons (Fsp3) is 0.462. The lowest BCUT2D eigenvalue weighted by Crippen LogP contribution is -2.44. The van der Waals surface area contributed by atoms with Crippen LogP contribution in [0.25, 0.3) is 0 Å². The predicted molar refractivity (Wildman–Crippen MR) is 70.2 cm³/mol. The first kappa shape index (κ1) is 13.5. The quantitative estimate of drug-likeness (QED) is 0.797. The maximum absolute atomic E-state index is 13.8. The molecule has 1 amide bonds. The molecule has 98 valence electrons. The number of rotatable bonds is 1. The molecule has 1 saturated heterocycles. The molecule has 1 aliphatic heterocycles. The van der Waals surface area contributed by atoms with Gasteiger partial charge in [-0.15, -0.1) is 0 Å². The number of morpholine rings is 1. The van der Waals surface area contributed by atoms with E-state index in [0.29, 0.717) is 24.2 Å². The van der Waals surface area contributed by atoms with Gasteiger partial charge in [0, 0.05) is 17.6 Å². The van der Waals surface area contributed by atoms with Crippen LogP contribution in [0.4, 0.5) is 4.39 Å². The van der Waals surface area contributed by atoms with Gasteiger partial charge in [-0.05, 0) is 41.4 Å². The van der Waals surface area contributed by atoms with Gasteiger partial charge >= 0.3 is 0 Å². The molecule has 2 rings (SSSR count). The lowest BCUT2D eigenvalue weighted by molar-refractivity contribution is -0.0126. The third-order valence-electron chi connectivity index (χ3n) is 3.03. The summed E-state index contributed by atoms with van der Waals surface area (Å²) in [5.74, 6) is -0.769. The highest BCUT2D eigenvalue weighted by atomic mass is 79.9. The third-order valence-corrected chi connectivity index (χ3v) is 4.05. The standard InChI is InChI=1S/C13H15BrFNO2/c1-8-3-4-10(15)11(12(8)14)13(17)16-5-6-18-9(2)7-16/h3-4,9H,5-7H2,1-2H3. The number of carbonyl (C=O) groups excluding carboxylic acids is 1. The second-order valence-corrected chi connectivity index (χ2v) is 5.28. The number of halogens is 2. The van der Waals surface area contributed by atoms with Crippen LogP contribution in [0.1, 0.15) is 22.8 Å². The fourth-order valence-corrected chi connectivity index (χ4v) is 2.50. The van der Waals surface area contributed by atoms with E-state index >= 15 is 0 Å². The molecule has 0 saturated carbocycles. The number of nitrogens with zero attached hydrogens (tertiary/aromatic N) is 1. The molecule has 0 aromatic heterocycles. The zero-order valence-corrected chi connectivity index (χ0v) is 12.0. The molecule has 1 atom stereocenters. The van der Waals surface area contributed by atoms with Gasteiger partial charge in [0.2, 0.25) is 0 Å². The molecule has 1 fully saturated rings. The Labute approximate surface area is 114 Å². The van der Waals surface area contributed by atoms with Crippen molar-refractivity contribution in [2.45, 2.75) is 20.0 Å². The van der Waals surface area contributed by atoms with E-state index in [4.69, 9.17) is 4.74 Å². The minimum Gasteiger partial charge on any atom is -0.375 e. The number of ether oxygens (including phenoxy) is 1. The van der Waals surface area contributed by atoms with Crippen molar-refractivity contribution in [3.05, 3.63) is 33.5 Å². The van der Waals surface area contributed by atoms with Crippen LogP contribution in [-0.4, -0.2) is 36.6 Å². The van der Waals surface area contributed by atoms with Crippen molar-refractivity contribution in [2.24, 2.45) is 0 Å². The molecule has 18 heavy (non-hydrogen) atoms. The summed E-state index contributed by atoms with van der Waals surface area (Å²) in [5, 5.41) is 0. The number of hydrogen-bond acceptors (Lipinski definition) is 2. The summed E-state index contributed by atoms with van der Waals surface area (Å²) in [6.07, 6.45) is -0.00524. The van der Waals surface area contributed by atoms with Gasteiger partial charge in [0.25, 0.3) is 5.91 Å². The van der Waals surface area contributed by atoms with Crippen LogP contribution in [0, 0.1) is 12.7 Å². The van der Waals surface area contributed by atoms with Gasteiger partial charge in [0.1, 0.15) is 5.82 Å². The maximum atomic E-state index is 13.8. The zero-order chi connectivity index (χ0) is 13.3. The Kier molecular flexibility index (Phi) is 4.02. The molecule has 1 heterocycles. The SMILES string of the molecule is Cc1ccc(F)c(C(=O)N2CCOC(C)C2)c1Br. The highest BCUT2D eigenvalue weighted by Gasteiger charge is 2.26. The van der Waals surface area contributed by atoms with Gasteiger partial charge in [0.15, 0.2) is 0 Å². The molecule has 0 N–H and O–H groups in total. The molecule has 0 bridgehead atoms. The second-order valence-electron chi connectivity index (χ2n) is 4.49. The second kappa shape index (κ2) is 5.36. The summed E-state index contributed by atoms with van der Waals surface area (Å²) in [7, 11) is 0. The molecule has 1 aliphatic rings. The summed E-state index contributed by atoms with van der Waals surface area (Å²) in [6, 6.07) is 2.98. The van der Waals surface area contributed by atoms with Gasteiger partial charge in [-0.1, -0.05) is 6.07 Å². The van der Waals surface area contributed by atoms with Crippen molar-refractivity contribution >= 4 is 21.8 Å². The summed E-state index contributed by atoms with van der Waals surface area (Å²) < 4.78 is 19.7. The summed E-state index contributed by atoms with van der Waals surface area (Å²) in [5.41, 5.74) is 0.963. The van der Waals surface area contributed by atoms with Crippen LogP contribution in [0.2, 0.25) is 0 Å². The fourth-order valence-electron chi connectivity index (χ4n) is 2.01. The lowest BCUT2D eigenvalue weighted by Gasteiger charge is -2.31. The highest BCUT2D eigenvalue weighted by Crippen LogP contribution is 2.26. The first-order valence-electron chi connectivity index (χ1n) is 5.86. The molecular formula is C13H15BrFNO2.